The highest BCUT2D eigenvalue weighted by Gasteiger charge is 2.17. The summed E-state index contributed by atoms with van der Waals surface area (Å²) in [5, 5.41) is 11.7. The Labute approximate surface area is 122 Å². The normalized spacial score (nSPS) is 9.86. The summed E-state index contributed by atoms with van der Waals surface area (Å²) in [6.07, 6.45) is 0.181. The van der Waals surface area contributed by atoms with Gasteiger partial charge in [0.1, 0.15) is 0 Å². The number of benzene rings is 1. The Morgan fingerprint density at radius 1 is 1.19 bits per heavy atom. The quantitative estimate of drug-likeness (QED) is 0.751. The van der Waals surface area contributed by atoms with Crippen molar-refractivity contribution in [3.63, 3.8) is 0 Å². The van der Waals surface area contributed by atoms with Gasteiger partial charge < -0.3 is 24.6 Å². The van der Waals surface area contributed by atoms with Crippen LogP contribution in [0, 0.1) is 0 Å². The van der Waals surface area contributed by atoms with Gasteiger partial charge >= 0.3 is 5.97 Å². The van der Waals surface area contributed by atoms with Crippen molar-refractivity contribution in [3.8, 4) is 17.2 Å². The minimum Gasteiger partial charge on any atom is -0.493 e. The molecule has 116 valence electrons. The van der Waals surface area contributed by atoms with Gasteiger partial charge in [-0.15, -0.1) is 0 Å². The van der Waals surface area contributed by atoms with Gasteiger partial charge in [0.2, 0.25) is 11.7 Å². The highest BCUT2D eigenvalue weighted by atomic mass is 16.5. The number of carboxylic acids is 1. The van der Waals surface area contributed by atoms with Crippen LogP contribution >= 0.6 is 0 Å². The van der Waals surface area contributed by atoms with E-state index in [2.05, 4.69) is 5.32 Å². The first-order valence-corrected chi connectivity index (χ1v) is 6.42. The topological polar surface area (TPSA) is 94.1 Å². The molecule has 1 aromatic carbocycles. The fraction of sp³-hybridized carbons (Fsp3) is 0.429. The lowest BCUT2D eigenvalue weighted by atomic mass is 10.2. The predicted molar refractivity (Wildman–Crippen MR) is 75.3 cm³/mol. The van der Waals surface area contributed by atoms with Gasteiger partial charge in [-0.2, -0.15) is 0 Å². The molecule has 0 saturated heterocycles. The number of aromatic carboxylic acids is 1. The third kappa shape index (κ3) is 4.55. The summed E-state index contributed by atoms with van der Waals surface area (Å²) >= 11 is 0. The van der Waals surface area contributed by atoms with Crippen molar-refractivity contribution in [2.24, 2.45) is 0 Å². The number of carbonyl (C=O) groups excluding carboxylic acids is 1. The van der Waals surface area contributed by atoms with E-state index in [0.29, 0.717) is 6.54 Å². The number of amides is 1. The van der Waals surface area contributed by atoms with E-state index in [4.69, 9.17) is 19.3 Å². The summed E-state index contributed by atoms with van der Waals surface area (Å²) in [7, 11) is 2.80. The van der Waals surface area contributed by atoms with Crippen molar-refractivity contribution in [3.05, 3.63) is 17.7 Å². The molecule has 0 bridgehead atoms. The van der Waals surface area contributed by atoms with E-state index < -0.39 is 5.97 Å². The lowest BCUT2D eigenvalue weighted by Crippen LogP contribution is -2.24. The molecule has 1 amide bonds. The van der Waals surface area contributed by atoms with Crippen LogP contribution in [0.5, 0.6) is 17.2 Å². The number of hydrogen-bond acceptors (Lipinski definition) is 5. The van der Waals surface area contributed by atoms with Gasteiger partial charge in [-0.3, -0.25) is 4.79 Å². The number of carbonyl (C=O) groups is 2. The largest absolute Gasteiger partial charge is 0.493 e. The van der Waals surface area contributed by atoms with E-state index in [9.17, 15) is 9.59 Å². The number of nitrogens with one attached hydrogen (secondary N) is 1. The Bertz CT molecular complexity index is 489. The first-order valence-electron chi connectivity index (χ1n) is 6.42. The maximum absolute atomic E-state index is 11.4. The van der Waals surface area contributed by atoms with Crippen LogP contribution < -0.4 is 19.5 Å². The second-order valence-electron chi connectivity index (χ2n) is 4.07. The third-order valence-corrected chi connectivity index (χ3v) is 2.66. The maximum Gasteiger partial charge on any atom is 0.335 e. The van der Waals surface area contributed by atoms with Crippen molar-refractivity contribution >= 4 is 11.9 Å². The van der Waals surface area contributed by atoms with Crippen molar-refractivity contribution in [1.82, 2.24) is 5.32 Å². The molecule has 0 aliphatic heterocycles. The third-order valence-electron chi connectivity index (χ3n) is 2.66. The summed E-state index contributed by atoms with van der Waals surface area (Å²) in [6, 6.07) is 2.68. The smallest absolute Gasteiger partial charge is 0.335 e. The molecule has 0 atom stereocenters. The van der Waals surface area contributed by atoms with Crippen LogP contribution in [0.1, 0.15) is 23.7 Å². The van der Waals surface area contributed by atoms with Gasteiger partial charge in [0.25, 0.3) is 0 Å². The fourth-order valence-corrected chi connectivity index (χ4v) is 1.68. The molecule has 21 heavy (non-hydrogen) atoms. The predicted octanol–water partition coefficient (Wildman–Crippen LogP) is 1.31. The first kappa shape index (κ1) is 16.6. The second-order valence-corrected chi connectivity index (χ2v) is 4.07. The molecule has 0 aliphatic carbocycles. The van der Waals surface area contributed by atoms with Crippen molar-refractivity contribution in [2.45, 2.75) is 13.3 Å². The summed E-state index contributed by atoms with van der Waals surface area (Å²) in [5.74, 6) is -0.474. The molecule has 7 nitrogen and oxygen atoms in total. The lowest BCUT2D eigenvalue weighted by molar-refractivity contribution is -0.121. The average molecular weight is 297 g/mol. The molecule has 1 aromatic rings. The zero-order valence-corrected chi connectivity index (χ0v) is 12.3. The number of hydrogen-bond donors (Lipinski definition) is 2. The molecule has 7 heteroatoms. The lowest BCUT2D eigenvalue weighted by Gasteiger charge is -2.15. The van der Waals surface area contributed by atoms with Crippen LogP contribution in [0.25, 0.3) is 0 Å². The Balaban J connectivity index is 2.89. The number of ether oxygens (including phenoxy) is 3. The van der Waals surface area contributed by atoms with Gasteiger partial charge in [0, 0.05) is 6.54 Å². The molecule has 0 radical (unpaired) electrons. The molecule has 0 unspecified atom stereocenters. The van der Waals surface area contributed by atoms with Gasteiger partial charge in [-0.1, -0.05) is 0 Å². The summed E-state index contributed by atoms with van der Waals surface area (Å²) in [5.41, 5.74) is 0.0276. The molecule has 0 saturated carbocycles. The molecule has 0 fully saturated rings. The highest BCUT2D eigenvalue weighted by Crippen LogP contribution is 2.38. The van der Waals surface area contributed by atoms with E-state index in [0.717, 1.165) is 0 Å². The SMILES string of the molecule is CCNC(=O)CCOc1c(OC)cc(C(=O)O)cc1OC. The molecular weight excluding hydrogens is 278 g/mol. The Morgan fingerprint density at radius 3 is 2.19 bits per heavy atom. The number of rotatable bonds is 8. The zero-order valence-electron chi connectivity index (χ0n) is 12.3. The van der Waals surface area contributed by atoms with Crippen molar-refractivity contribution in [2.75, 3.05) is 27.4 Å². The maximum atomic E-state index is 11.4. The van der Waals surface area contributed by atoms with Gasteiger partial charge in [0.05, 0.1) is 32.8 Å². The second kappa shape index (κ2) is 7.98. The Hall–Kier alpha value is -2.44. The molecule has 0 aliphatic rings. The monoisotopic (exact) mass is 297 g/mol. The molecule has 1 rings (SSSR count). The van der Waals surface area contributed by atoms with Crippen molar-refractivity contribution in [1.29, 1.82) is 0 Å². The van der Waals surface area contributed by atoms with E-state index in [1.807, 2.05) is 6.92 Å². The molecule has 2 N–H and O–H groups in total. The average Bonchev–Trinajstić information content (AvgIpc) is 2.47. The van der Waals surface area contributed by atoms with Crippen LogP contribution in [0.2, 0.25) is 0 Å². The van der Waals surface area contributed by atoms with Crippen LogP contribution in [-0.4, -0.2) is 44.4 Å². The molecule has 0 heterocycles. The van der Waals surface area contributed by atoms with E-state index in [-0.39, 0.29) is 41.7 Å². The standard InChI is InChI=1S/C14H19NO6/c1-4-15-12(16)5-6-21-13-10(19-2)7-9(14(17)18)8-11(13)20-3/h7-8H,4-6H2,1-3H3,(H,15,16)(H,17,18). The Kier molecular flexibility index (Phi) is 6.32. The number of methoxy groups -OCH3 is 2. The fourth-order valence-electron chi connectivity index (χ4n) is 1.68. The zero-order chi connectivity index (χ0) is 15.8. The van der Waals surface area contributed by atoms with E-state index in [1.165, 1.54) is 26.4 Å². The van der Waals surface area contributed by atoms with Gasteiger partial charge in [0.15, 0.2) is 11.5 Å². The molecular formula is C14H19NO6. The molecule has 0 aromatic heterocycles. The van der Waals surface area contributed by atoms with Crippen molar-refractivity contribution < 1.29 is 28.9 Å². The highest BCUT2D eigenvalue weighted by molar-refractivity contribution is 5.89. The van der Waals surface area contributed by atoms with Crippen LogP contribution in [0.3, 0.4) is 0 Å². The Morgan fingerprint density at radius 2 is 1.76 bits per heavy atom. The number of carboxylic acid groups (broad SMARTS) is 1. The molecule has 0 spiro atoms. The van der Waals surface area contributed by atoms with Crippen LogP contribution in [0.4, 0.5) is 0 Å². The van der Waals surface area contributed by atoms with Crippen LogP contribution in [0.15, 0.2) is 12.1 Å². The van der Waals surface area contributed by atoms with Crippen LogP contribution in [-0.2, 0) is 4.79 Å². The summed E-state index contributed by atoms with van der Waals surface area (Å²) < 4.78 is 15.7. The van der Waals surface area contributed by atoms with E-state index >= 15 is 0 Å². The summed E-state index contributed by atoms with van der Waals surface area (Å²) in [6.45, 7) is 2.51. The minimum atomic E-state index is -1.10. The first-order chi connectivity index (χ1) is 10.0. The van der Waals surface area contributed by atoms with E-state index in [1.54, 1.807) is 0 Å². The van der Waals surface area contributed by atoms with Gasteiger partial charge in [-0.25, -0.2) is 4.79 Å². The van der Waals surface area contributed by atoms with Gasteiger partial charge in [-0.05, 0) is 19.1 Å². The minimum absolute atomic E-state index is 0.0276. The summed E-state index contributed by atoms with van der Waals surface area (Å²) in [4.78, 5) is 22.4.